The van der Waals surface area contributed by atoms with E-state index in [2.05, 4.69) is 4.98 Å². The van der Waals surface area contributed by atoms with Gasteiger partial charge in [0.2, 0.25) is 0 Å². The van der Waals surface area contributed by atoms with Gasteiger partial charge in [0.25, 0.3) is 5.56 Å². The standard InChI is InChI=1S/C12H11ClN2OS/c1-8-3-5-9(6-4-8)15-11(16)10(13)7-14-12(15)17-2/h3-7H,1-2H3. The van der Waals surface area contributed by atoms with Crippen LogP contribution >= 0.6 is 23.4 Å². The van der Waals surface area contributed by atoms with Gasteiger partial charge in [0.05, 0.1) is 11.9 Å². The Morgan fingerprint density at radius 3 is 2.53 bits per heavy atom. The van der Waals surface area contributed by atoms with E-state index in [1.165, 1.54) is 22.5 Å². The maximum atomic E-state index is 12.0. The van der Waals surface area contributed by atoms with Gasteiger partial charge in [0.15, 0.2) is 5.16 Å². The summed E-state index contributed by atoms with van der Waals surface area (Å²) in [5.74, 6) is 0. The van der Waals surface area contributed by atoms with Gasteiger partial charge in [-0.2, -0.15) is 0 Å². The lowest BCUT2D eigenvalue weighted by molar-refractivity contribution is 0.797. The van der Waals surface area contributed by atoms with Gasteiger partial charge in [-0.05, 0) is 25.3 Å². The molecule has 0 atom stereocenters. The van der Waals surface area contributed by atoms with Crippen molar-refractivity contribution in [1.82, 2.24) is 9.55 Å². The first-order chi connectivity index (χ1) is 8.13. The number of thioether (sulfide) groups is 1. The van der Waals surface area contributed by atoms with E-state index in [0.29, 0.717) is 5.16 Å². The van der Waals surface area contributed by atoms with E-state index >= 15 is 0 Å². The Morgan fingerprint density at radius 1 is 1.29 bits per heavy atom. The molecule has 1 aromatic heterocycles. The van der Waals surface area contributed by atoms with Gasteiger partial charge in [0.1, 0.15) is 5.02 Å². The van der Waals surface area contributed by atoms with Crippen LogP contribution in [-0.4, -0.2) is 15.8 Å². The summed E-state index contributed by atoms with van der Waals surface area (Å²) in [4.78, 5) is 16.2. The number of benzene rings is 1. The van der Waals surface area contributed by atoms with Crippen LogP contribution in [0, 0.1) is 6.92 Å². The second-order valence-electron chi connectivity index (χ2n) is 3.57. The number of nitrogens with zero attached hydrogens (tertiary/aromatic N) is 2. The van der Waals surface area contributed by atoms with E-state index in [1.807, 2.05) is 37.4 Å². The highest BCUT2D eigenvalue weighted by Crippen LogP contribution is 2.17. The fourth-order valence-corrected chi connectivity index (χ4v) is 2.15. The van der Waals surface area contributed by atoms with Crippen molar-refractivity contribution in [3.8, 4) is 5.69 Å². The van der Waals surface area contributed by atoms with Gasteiger partial charge in [-0.25, -0.2) is 4.98 Å². The quantitative estimate of drug-likeness (QED) is 0.619. The summed E-state index contributed by atoms with van der Waals surface area (Å²) < 4.78 is 1.52. The molecule has 0 amide bonds. The number of halogens is 1. The minimum absolute atomic E-state index is 0.128. The highest BCUT2D eigenvalue weighted by Gasteiger charge is 2.09. The third-order valence-corrected chi connectivity index (χ3v) is 3.27. The third-order valence-electron chi connectivity index (χ3n) is 2.36. The lowest BCUT2D eigenvalue weighted by Gasteiger charge is -2.10. The number of rotatable bonds is 2. The molecular weight excluding hydrogens is 256 g/mol. The van der Waals surface area contributed by atoms with Crippen LogP contribution in [0.5, 0.6) is 0 Å². The van der Waals surface area contributed by atoms with Crippen molar-refractivity contribution >= 4 is 23.4 Å². The maximum absolute atomic E-state index is 12.0. The summed E-state index contributed by atoms with van der Waals surface area (Å²) in [7, 11) is 0. The Bertz CT molecular complexity index is 592. The van der Waals surface area contributed by atoms with Crippen LogP contribution in [0.3, 0.4) is 0 Å². The molecule has 17 heavy (non-hydrogen) atoms. The summed E-state index contributed by atoms with van der Waals surface area (Å²) >= 11 is 7.23. The van der Waals surface area contributed by atoms with Crippen molar-refractivity contribution in [3.05, 3.63) is 51.4 Å². The van der Waals surface area contributed by atoms with Crippen molar-refractivity contribution in [3.63, 3.8) is 0 Å². The minimum atomic E-state index is -0.241. The molecule has 0 aliphatic rings. The van der Waals surface area contributed by atoms with Crippen LogP contribution in [0.25, 0.3) is 5.69 Å². The summed E-state index contributed by atoms with van der Waals surface area (Å²) in [5, 5.41) is 0.756. The molecule has 0 fully saturated rings. The van der Waals surface area contributed by atoms with Crippen molar-refractivity contribution in [2.75, 3.05) is 6.26 Å². The zero-order valence-corrected chi connectivity index (χ0v) is 11.0. The zero-order chi connectivity index (χ0) is 12.4. The van der Waals surface area contributed by atoms with Crippen LogP contribution in [0.2, 0.25) is 5.02 Å². The van der Waals surface area contributed by atoms with Crippen molar-refractivity contribution in [2.45, 2.75) is 12.1 Å². The molecule has 5 heteroatoms. The normalized spacial score (nSPS) is 10.5. The molecule has 2 aromatic rings. The minimum Gasteiger partial charge on any atom is -0.267 e. The van der Waals surface area contributed by atoms with E-state index in [4.69, 9.17) is 11.6 Å². The first-order valence-electron chi connectivity index (χ1n) is 5.02. The van der Waals surface area contributed by atoms with E-state index in [0.717, 1.165) is 11.3 Å². The first kappa shape index (κ1) is 12.2. The van der Waals surface area contributed by atoms with Gasteiger partial charge in [-0.1, -0.05) is 41.1 Å². The van der Waals surface area contributed by atoms with Gasteiger partial charge in [-0.3, -0.25) is 9.36 Å². The smallest absolute Gasteiger partial charge is 0.267 e. The molecule has 88 valence electrons. The van der Waals surface area contributed by atoms with Crippen LogP contribution in [0.15, 0.2) is 40.4 Å². The molecule has 0 radical (unpaired) electrons. The molecule has 0 bridgehead atoms. The Kier molecular flexibility index (Phi) is 3.54. The number of aryl methyl sites for hydroxylation is 1. The molecule has 0 aliphatic carbocycles. The van der Waals surface area contributed by atoms with Crippen molar-refractivity contribution in [2.24, 2.45) is 0 Å². The van der Waals surface area contributed by atoms with E-state index < -0.39 is 0 Å². The third kappa shape index (κ3) is 2.37. The molecule has 2 rings (SSSR count). The van der Waals surface area contributed by atoms with Crippen molar-refractivity contribution in [1.29, 1.82) is 0 Å². The average Bonchev–Trinajstić information content (AvgIpc) is 2.34. The number of hydrogen-bond donors (Lipinski definition) is 0. The SMILES string of the molecule is CSc1ncc(Cl)c(=O)n1-c1ccc(C)cc1. The summed E-state index contributed by atoms with van der Waals surface area (Å²) in [6.07, 6.45) is 3.26. The Balaban J connectivity index is 2.69. The molecule has 0 N–H and O–H groups in total. The molecule has 0 aliphatic heterocycles. The van der Waals surface area contributed by atoms with E-state index in [1.54, 1.807) is 0 Å². The highest BCUT2D eigenvalue weighted by atomic mass is 35.5. The average molecular weight is 267 g/mol. The van der Waals surface area contributed by atoms with Crippen molar-refractivity contribution < 1.29 is 0 Å². The lowest BCUT2D eigenvalue weighted by Crippen LogP contribution is -2.21. The van der Waals surface area contributed by atoms with Crippen LogP contribution in [0.4, 0.5) is 0 Å². The lowest BCUT2D eigenvalue weighted by atomic mass is 10.2. The Labute approximate surface area is 108 Å². The van der Waals surface area contributed by atoms with Crippen LogP contribution in [0.1, 0.15) is 5.56 Å². The second kappa shape index (κ2) is 4.94. The van der Waals surface area contributed by atoms with Gasteiger partial charge < -0.3 is 0 Å². The molecule has 3 nitrogen and oxygen atoms in total. The predicted octanol–water partition coefficient (Wildman–Crippen LogP) is 2.92. The molecule has 0 unspecified atom stereocenters. The number of aromatic nitrogens is 2. The zero-order valence-electron chi connectivity index (χ0n) is 9.48. The summed E-state index contributed by atoms with van der Waals surface area (Å²) in [5.41, 5.74) is 1.68. The molecule has 1 aromatic carbocycles. The second-order valence-corrected chi connectivity index (χ2v) is 4.75. The molecule has 0 saturated carbocycles. The van der Waals surface area contributed by atoms with Gasteiger partial charge in [0, 0.05) is 0 Å². The Morgan fingerprint density at radius 2 is 1.94 bits per heavy atom. The summed E-state index contributed by atoms with van der Waals surface area (Å²) in [6, 6.07) is 7.67. The van der Waals surface area contributed by atoms with Crippen LogP contribution in [-0.2, 0) is 0 Å². The molecule has 1 heterocycles. The van der Waals surface area contributed by atoms with E-state index in [-0.39, 0.29) is 10.6 Å². The topological polar surface area (TPSA) is 34.9 Å². The fourth-order valence-electron chi connectivity index (χ4n) is 1.48. The maximum Gasteiger partial charge on any atom is 0.277 e. The Hall–Kier alpha value is -1.26. The molecule has 0 saturated heterocycles. The monoisotopic (exact) mass is 266 g/mol. The highest BCUT2D eigenvalue weighted by molar-refractivity contribution is 7.98. The first-order valence-corrected chi connectivity index (χ1v) is 6.62. The number of hydrogen-bond acceptors (Lipinski definition) is 3. The van der Waals surface area contributed by atoms with Crippen LogP contribution < -0.4 is 5.56 Å². The molecular formula is C12H11ClN2OS. The largest absolute Gasteiger partial charge is 0.277 e. The van der Waals surface area contributed by atoms with Gasteiger partial charge >= 0.3 is 0 Å². The van der Waals surface area contributed by atoms with Gasteiger partial charge in [-0.15, -0.1) is 0 Å². The summed E-state index contributed by atoms with van der Waals surface area (Å²) in [6.45, 7) is 2.00. The predicted molar refractivity (Wildman–Crippen MR) is 71.4 cm³/mol. The van der Waals surface area contributed by atoms with E-state index in [9.17, 15) is 4.79 Å². The fraction of sp³-hybridized carbons (Fsp3) is 0.167. The molecule has 0 spiro atoms.